The summed E-state index contributed by atoms with van der Waals surface area (Å²) in [5.74, 6) is 0.663. The summed E-state index contributed by atoms with van der Waals surface area (Å²) in [5.41, 5.74) is 2.56. The van der Waals surface area contributed by atoms with Gasteiger partial charge >= 0.3 is 5.69 Å². The highest BCUT2D eigenvalue weighted by Crippen LogP contribution is 2.31. The summed E-state index contributed by atoms with van der Waals surface area (Å²) in [6.45, 7) is 4.99. The van der Waals surface area contributed by atoms with Gasteiger partial charge in [0.05, 0.1) is 24.2 Å². The maximum Gasteiger partial charge on any atom is 0.329 e. The number of benzene rings is 2. The minimum absolute atomic E-state index is 0.00495. The van der Waals surface area contributed by atoms with Crippen molar-refractivity contribution in [2.45, 2.75) is 38.9 Å². The second-order valence-corrected chi connectivity index (χ2v) is 7.91. The molecule has 0 aliphatic carbocycles. The van der Waals surface area contributed by atoms with Crippen molar-refractivity contribution >= 4 is 16.9 Å². The Bertz CT molecular complexity index is 1110. The van der Waals surface area contributed by atoms with Gasteiger partial charge in [-0.15, -0.1) is 0 Å². The third-order valence-corrected chi connectivity index (χ3v) is 6.12. The number of carbonyl (C=O) groups is 1. The fourth-order valence-electron chi connectivity index (χ4n) is 4.57. The number of aromatic nitrogens is 2. The molecule has 7 nitrogen and oxygen atoms in total. The molecule has 1 atom stereocenters. The zero-order chi connectivity index (χ0) is 21.8. The molecular weight excluding hydrogens is 392 g/mol. The number of nitrogens with zero attached hydrogens (tertiary/aromatic N) is 3. The van der Waals surface area contributed by atoms with E-state index in [0.717, 1.165) is 48.3 Å². The predicted octanol–water partition coefficient (Wildman–Crippen LogP) is 2.78. The molecule has 31 heavy (non-hydrogen) atoms. The van der Waals surface area contributed by atoms with Crippen LogP contribution in [0.3, 0.4) is 0 Å². The molecule has 1 saturated heterocycles. The van der Waals surface area contributed by atoms with Gasteiger partial charge in [-0.25, -0.2) is 4.79 Å². The number of hydrogen-bond acceptors (Lipinski definition) is 4. The Morgan fingerprint density at radius 3 is 2.35 bits per heavy atom. The average Bonchev–Trinajstić information content (AvgIpc) is 3.41. The number of rotatable bonds is 8. The number of imidazole rings is 1. The summed E-state index contributed by atoms with van der Waals surface area (Å²) in [6.07, 6.45) is 2.32. The molecule has 1 unspecified atom stereocenters. The Balaban J connectivity index is 1.53. The van der Waals surface area contributed by atoms with Gasteiger partial charge in [-0.1, -0.05) is 30.3 Å². The molecule has 3 aromatic rings. The highest BCUT2D eigenvalue weighted by atomic mass is 16.5. The van der Waals surface area contributed by atoms with Gasteiger partial charge in [-0.2, -0.15) is 0 Å². The van der Waals surface area contributed by atoms with Crippen molar-refractivity contribution in [3.8, 4) is 5.75 Å². The van der Waals surface area contributed by atoms with Gasteiger partial charge in [0.2, 0.25) is 5.91 Å². The van der Waals surface area contributed by atoms with Crippen molar-refractivity contribution in [2.24, 2.45) is 0 Å². The number of amides is 1. The number of nitrogens with one attached hydrogen (secondary N) is 1. The molecule has 0 spiro atoms. The third kappa shape index (κ3) is 4.23. The fourth-order valence-corrected chi connectivity index (χ4v) is 4.57. The lowest BCUT2D eigenvalue weighted by Gasteiger charge is -2.29. The molecule has 1 aliphatic rings. The largest absolute Gasteiger partial charge is 0.496 e. The molecule has 1 fully saturated rings. The zero-order valence-corrected chi connectivity index (χ0v) is 18.2. The molecule has 2 aromatic carbocycles. The van der Waals surface area contributed by atoms with Crippen LogP contribution in [-0.4, -0.2) is 46.7 Å². The van der Waals surface area contributed by atoms with E-state index in [4.69, 9.17) is 4.74 Å². The van der Waals surface area contributed by atoms with Crippen LogP contribution in [0.25, 0.3) is 11.0 Å². The summed E-state index contributed by atoms with van der Waals surface area (Å²) in [6, 6.07) is 15.6. The van der Waals surface area contributed by atoms with Crippen LogP contribution in [0.5, 0.6) is 5.75 Å². The summed E-state index contributed by atoms with van der Waals surface area (Å²) >= 11 is 0. The number of carbonyl (C=O) groups excluding carboxylic acids is 1. The Kier molecular flexibility index (Phi) is 6.42. The molecular formula is C24H30N4O3. The molecule has 1 aromatic heterocycles. The van der Waals surface area contributed by atoms with E-state index in [1.807, 2.05) is 49.4 Å². The lowest BCUT2D eigenvalue weighted by molar-refractivity contribution is -0.121. The van der Waals surface area contributed by atoms with E-state index in [-0.39, 0.29) is 24.2 Å². The van der Waals surface area contributed by atoms with Gasteiger partial charge in [0, 0.05) is 18.7 Å². The van der Waals surface area contributed by atoms with Gasteiger partial charge in [-0.05, 0) is 51.1 Å². The van der Waals surface area contributed by atoms with Crippen LogP contribution in [0.2, 0.25) is 0 Å². The van der Waals surface area contributed by atoms with E-state index < -0.39 is 0 Å². The standard InChI is InChI=1S/C24H30N4O3/c1-3-27-19-11-5-6-12-20(19)28(24(27)30)17-23(29)25-16-21(26-14-8-9-15-26)18-10-4-7-13-22(18)31-2/h4-7,10-13,21H,3,8-9,14-17H2,1-2H3,(H,25,29). The number of hydrogen-bond donors (Lipinski definition) is 1. The van der Waals surface area contributed by atoms with Crippen molar-refractivity contribution in [1.82, 2.24) is 19.4 Å². The Labute approximate surface area is 182 Å². The first-order valence-electron chi connectivity index (χ1n) is 11.0. The molecule has 1 N–H and O–H groups in total. The van der Waals surface area contributed by atoms with Crippen molar-refractivity contribution in [2.75, 3.05) is 26.7 Å². The first kappa shape index (κ1) is 21.2. The summed E-state index contributed by atoms with van der Waals surface area (Å²) in [5, 5.41) is 3.07. The van der Waals surface area contributed by atoms with Gasteiger partial charge < -0.3 is 10.1 Å². The van der Waals surface area contributed by atoms with E-state index in [2.05, 4.69) is 16.3 Å². The topological polar surface area (TPSA) is 68.5 Å². The number of fused-ring (bicyclic) bond motifs is 1. The predicted molar refractivity (Wildman–Crippen MR) is 121 cm³/mol. The maximum absolute atomic E-state index is 12.9. The summed E-state index contributed by atoms with van der Waals surface area (Å²) in [4.78, 5) is 28.1. The lowest BCUT2D eigenvalue weighted by atomic mass is 10.0. The molecule has 7 heteroatoms. The highest BCUT2D eigenvalue weighted by Gasteiger charge is 2.26. The van der Waals surface area contributed by atoms with Crippen LogP contribution in [0, 0.1) is 0 Å². The number of aryl methyl sites for hydroxylation is 1. The summed E-state index contributed by atoms with van der Waals surface area (Å²) < 4.78 is 8.84. The number of para-hydroxylation sites is 3. The third-order valence-electron chi connectivity index (χ3n) is 6.12. The molecule has 2 heterocycles. The molecule has 0 saturated carbocycles. The van der Waals surface area contributed by atoms with Crippen molar-refractivity contribution < 1.29 is 9.53 Å². The number of ether oxygens (including phenoxy) is 1. The van der Waals surface area contributed by atoms with Crippen LogP contribution in [0.1, 0.15) is 31.4 Å². The normalized spacial score (nSPS) is 15.3. The van der Waals surface area contributed by atoms with Crippen molar-refractivity contribution in [3.63, 3.8) is 0 Å². The van der Waals surface area contributed by atoms with Gasteiger partial charge in [0.15, 0.2) is 0 Å². The second kappa shape index (κ2) is 9.39. The highest BCUT2D eigenvalue weighted by molar-refractivity contribution is 5.81. The Morgan fingerprint density at radius 1 is 1.03 bits per heavy atom. The van der Waals surface area contributed by atoms with E-state index in [1.54, 1.807) is 16.2 Å². The zero-order valence-electron chi connectivity index (χ0n) is 18.2. The van der Waals surface area contributed by atoms with Crippen LogP contribution in [0.4, 0.5) is 0 Å². The van der Waals surface area contributed by atoms with E-state index in [0.29, 0.717) is 13.1 Å². The molecule has 0 bridgehead atoms. The van der Waals surface area contributed by atoms with Crippen molar-refractivity contribution in [3.05, 3.63) is 64.6 Å². The smallest absolute Gasteiger partial charge is 0.329 e. The Morgan fingerprint density at radius 2 is 1.68 bits per heavy atom. The number of likely N-dealkylation sites (tertiary alicyclic amines) is 1. The SMILES string of the molecule is CCn1c(=O)n(CC(=O)NCC(c2ccccc2OC)N2CCCC2)c2ccccc21. The quantitative estimate of drug-likeness (QED) is 0.606. The number of methoxy groups -OCH3 is 1. The van der Waals surface area contributed by atoms with Crippen LogP contribution < -0.4 is 15.7 Å². The van der Waals surface area contributed by atoms with Crippen LogP contribution in [0.15, 0.2) is 53.3 Å². The van der Waals surface area contributed by atoms with Crippen LogP contribution in [-0.2, 0) is 17.9 Å². The van der Waals surface area contributed by atoms with Crippen LogP contribution >= 0.6 is 0 Å². The lowest BCUT2D eigenvalue weighted by Crippen LogP contribution is -2.39. The van der Waals surface area contributed by atoms with E-state index >= 15 is 0 Å². The van der Waals surface area contributed by atoms with E-state index in [1.165, 1.54) is 0 Å². The van der Waals surface area contributed by atoms with E-state index in [9.17, 15) is 9.59 Å². The molecule has 1 aliphatic heterocycles. The van der Waals surface area contributed by atoms with Crippen molar-refractivity contribution in [1.29, 1.82) is 0 Å². The Hall–Kier alpha value is -3.06. The van der Waals surface area contributed by atoms with Gasteiger partial charge in [0.1, 0.15) is 12.3 Å². The molecule has 4 rings (SSSR count). The second-order valence-electron chi connectivity index (χ2n) is 7.91. The molecule has 0 radical (unpaired) electrons. The minimum Gasteiger partial charge on any atom is -0.496 e. The minimum atomic E-state index is -0.166. The first-order chi connectivity index (χ1) is 15.1. The molecule has 164 valence electrons. The maximum atomic E-state index is 12.9. The monoisotopic (exact) mass is 422 g/mol. The average molecular weight is 423 g/mol. The van der Waals surface area contributed by atoms with Gasteiger partial charge in [-0.3, -0.25) is 18.8 Å². The summed E-state index contributed by atoms with van der Waals surface area (Å²) in [7, 11) is 1.67. The fraction of sp³-hybridized carbons (Fsp3) is 0.417. The first-order valence-corrected chi connectivity index (χ1v) is 11.0. The van der Waals surface area contributed by atoms with Gasteiger partial charge in [0.25, 0.3) is 0 Å². The molecule has 1 amide bonds.